The quantitative estimate of drug-likeness (QED) is 0.774. The van der Waals surface area contributed by atoms with E-state index in [1.54, 1.807) is 0 Å². The van der Waals surface area contributed by atoms with E-state index in [1.807, 2.05) is 32.9 Å². The summed E-state index contributed by atoms with van der Waals surface area (Å²) >= 11 is 3.55. The molecule has 134 valence electrons. The van der Waals surface area contributed by atoms with Gasteiger partial charge in [0.05, 0.1) is 5.60 Å². The zero-order valence-electron chi connectivity index (χ0n) is 14.9. The Hall–Kier alpha value is -0.910. The maximum Gasteiger partial charge on any atom is 0.332 e. The number of rotatable bonds is 4. The molecule has 1 saturated heterocycles. The highest BCUT2D eigenvalue weighted by molar-refractivity contribution is 9.10. The van der Waals surface area contributed by atoms with Gasteiger partial charge in [0.15, 0.2) is 0 Å². The number of nitrogens with one attached hydrogen (secondary N) is 1. The van der Waals surface area contributed by atoms with Gasteiger partial charge in [-0.15, -0.1) is 0 Å². The van der Waals surface area contributed by atoms with Gasteiger partial charge in [-0.25, -0.2) is 4.79 Å². The summed E-state index contributed by atoms with van der Waals surface area (Å²) in [7, 11) is 0. The van der Waals surface area contributed by atoms with Crippen LogP contribution in [0.5, 0.6) is 0 Å². The lowest BCUT2D eigenvalue weighted by Crippen LogP contribution is -2.37. The highest BCUT2D eigenvalue weighted by Crippen LogP contribution is 2.37. The SMILES string of the molecule is CC(C)(C)OC(=O)COC1(c2cccc(Br)c2)CCCNCCC1. The Labute approximate surface area is 153 Å². The average Bonchev–Trinajstić information content (AvgIpc) is 2.45. The van der Waals surface area contributed by atoms with Gasteiger partial charge in [0, 0.05) is 4.47 Å². The summed E-state index contributed by atoms with van der Waals surface area (Å²) in [5.41, 5.74) is 0.208. The van der Waals surface area contributed by atoms with Gasteiger partial charge in [-0.05, 0) is 77.2 Å². The molecule has 2 rings (SSSR count). The largest absolute Gasteiger partial charge is 0.458 e. The summed E-state index contributed by atoms with van der Waals surface area (Å²) in [6.07, 6.45) is 3.81. The third kappa shape index (κ3) is 5.87. The molecule has 1 heterocycles. The molecule has 1 aliphatic rings. The van der Waals surface area contributed by atoms with Gasteiger partial charge in [0.2, 0.25) is 0 Å². The molecule has 0 unspecified atom stereocenters. The van der Waals surface area contributed by atoms with Crippen LogP contribution in [-0.4, -0.2) is 31.3 Å². The fourth-order valence-corrected chi connectivity index (χ4v) is 3.50. The maximum absolute atomic E-state index is 12.1. The number of halogens is 1. The van der Waals surface area contributed by atoms with Crippen molar-refractivity contribution >= 4 is 21.9 Å². The zero-order valence-corrected chi connectivity index (χ0v) is 16.4. The van der Waals surface area contributed by atoms with Crippen LogP contribution in [0.1, 0.15) is 52.0 Å². The predicted octanol–water partition coefficient (Wildman–Crippen LogP) is 4.17. The maximum atomic E-state index is 12.1. The molecule has 0 atom stereocenters. The lowest BCUT2D eigenvalue weighted by molar-refractivity contribution is -0.169. The van der Waals surface area contributed by atoms with Crippen LogP contribution in [0.2, 0.25) is 0 Å². The Kier molecular flexibility index (Phi) is 6.84. The molecule has 0 radical (unpaired) electrons. The molecule has 1 aromatic carbocycles. The minimum absolute atomic E-state index is 0.0167. The molecule has 5 heteroatoms. The average molecular weight is 398 g/mol. The van der Waals surface area contributed by atoms with Gasteiger partial charge in [0.1, 0.15) is 12.2 Å². The highest BCUT2D eigenvalue weighted by Gasteiger charge is 2.34. The first-order valence-corrected chi connectivity index (χ1v) is 9.43. The molecule has 0 amide bonds. The van der Waals surface area contributed by atoms with Crippen molar-refractivity contribution in [3.8, 4) is 0 Å². The molecule has 4 nitrogen and oxygen atoms in total. The molecule has 0 aliphatic carbocycles. The van der Waals surface area contributed by atoms with Gasteiger partial charge in [-0.3, -0.25) is 0 Å². The van der Waals surface area contributed by atoms with Crippen molar-refractivity contribution in [1.82, 2.24) is 5.32 Å². The van der Waals surface area contributed by atoms with E-state index in [4.69, 9.17) is 9.47 Å². The molecular formula is C19H28BrNO3. The fourth-order valence-electron chi connectivity index (χ4n) is 3.10. The lowest BCUT2D eigenvalue weighted by atomic mass is 9.83. The Bertz CT molecular complexity index is 546. The van der Waals surface area contributed by atoms with Crippen molar-refractivity contribution in [3.63, 3.8) is 0 Å². The zero-order chi connectivity index (χ0) is 17.6. The normalized spacial score (nSPS) is 18.5. The molecular weight excluding hydrogens is 370 g/mol. The first-order chi connectivity index (χ1) is 11.3. The van der Waals surface area contributed by atoms with Crippen molar-refractivity contribution in [3.05, 3.63) is 34.3 Å². The molecule has 1 aliphatic heterocycles. The number of esters is 1. The molecule has 1 aromatic rings. The predicted molar refractivity (Wildman–Crippen MR) is 99.0 cm³/mol. The van der Waals surface area contributed by atoms with Crippen molar-refractivity contribution < 1.29 is 14.3 Å². The summed E-state index contributed by atoms with van der Waals surface area (Å²) in [4.78, 5) is 12.1. The number of carbonyl (C=O) groups is 1. The van der Waals surface area contributed by atoms with E-state index in [0.29, 0.717) is 0 Å². The number of hydrogen-bond acceptors (Lipinski definition) is 4. The molecule has 1 N–H and O–H groups in total. The van der Waals surface area contributed by atoms with Crippen molar-refractivity contribution in [2.45, 2.75) is 57.7 Å². The highest BCUT2D eigenvalue weighted by atomic mass is 79.9. The Morgan fingerprint density at radius 2 is 1.92 bits per heavy atom. The van der Waals surface area contributed by atoms with Crippen LogP contribution in [0.15, 0.2) is 28.7 Å². The van der Waals surface area contributed by atoms with Crippen LogP contribution in [0.25, 0.3) is 0 Å². The molecule has 0 bridgehead atoms. The summed E-state index contributed by atoms with van der Waals surface area (Å²) in [5, 5.41) is 3.43. The second-order valence-electron chi connectivity index (χ2n) is 7.34. The van der Waals surface area contributed by atoms with Gasteiger partial charge < -0.3 is 14.8 Å². The Morgan fingerprint density at radius 3 is 2.50 bits per heavy atom. The summed E-state index contributed by atoms with van der Waals surface area (Å²) in [6, 6.07) is 8.23. The second kappa shape index (κ2) is 8.45. The third-order valence-corrected chi connectivity index (χ3v) is 4.60. The van der Waals surface area contributed by atoms with Gasteiger partial charge in [-0.1, -0.05) is 28.1 Å². The van der Waals surface area contributed by atoms with Gasteiger partial charge >= 0.3 is 5.97 Å². The number of carbonyl (C=O) groups excluding carboxylic acids is 1. The minimum atomic E-state index is -0.492. The minimum Gasteiger partial charge on any atom is -0.458 e. The molecule has 0 saturated carbocycles. The van der Waals surface area contributed by atoms with Crippen LogP contribution in [0.4, 0.5) is 0 Å². The van der Waals surface area contributed by atoms with Crippen LogP contribution >= 0.6 is 15.9 Å². The Balaban J connectivity index is 2.17. The van der Waals surface area contributed by atoms with E-state index in [1.165, 1.54) is 0 Å². The summed E-state index contributed by atoms with van der Waals surface area (Å²) in [6.45, 7) is 7.55. The molecule has 24 heavy (non-hydrogen) atoms. The van der Waals surface area contributed by atoms with E-state index in [9.17, 15) is 4.79 Å². The van der Waals surface area contributed by atoms with Crippen LogP contribution in [-0.2, 0) is 19.9 Å². The standard InChI is InChI=1S/C19H28BrNO3/c1-18(2,3)24-17(22)14-23-19(9-5-11-21-12-6-10-19)15-7-4-8-16(20)13-15/h4,7-8,13,21H,5-6,9-12,14H2,1-3H3. The first kappa shape index (κ1) is 19.4. The monoisotopic (exact) mass is 397 g/mol. The molecule has 0 spiro atoms. The topological polar surface area (TPSA) is 47.6 Å². The summed E-state index contributed by atoms with van der Waals surface area (Å²) in [5.74, 6) is -0.308. The van der Waals surface area contributed by atoms with E-state index in [-0.39, 0.29) is 12.6 Å². The Morgan fingerprint density at radius 1 is 1.25 bits per heavy atom. The van der Waals surface area contributed by atoms with Crippen molar-refractivity contribution in [1.29, 1.82) is 0 Å². The number of benzene rings is 1. The molecule has 1 fully saturated rings. The number of hydrogen-bond donors (Lipinski definition) is 1. The third-order valence-electron chi connectivity index (χ3n) is 4.11. The molecule has 0 aromatic heterocycles. The van der Waals surface area contributed by atoms with Crippen LogP contribution in [0, 0.1) is 0 Å². The van der Waals surface area contributed by atoms with Gasteiger partial charge in [0.25, 0.3) is 0 Å². The summed E-state index contributed by atoms with van der Waals surface area (Å²) < 4.78 is 12.7. The smallest absolute Gasteiger partial charge is 0.332 e. The van der Waals surface area contributed by atoms with Crippen molar-refractivity contribution in [2.24, 2.45) is 0 Å². The van der Waals surface area contributed by atoms with Crippen LogP contribution < -0.4 is 5.32 Å². The van der Waals surface area contributed by atoms with Crippen molar-refractivity contribution in [2.75, 3.05) is 19.7 Å². The van der Waals surface area contributed by atoms with E-state index in [2.05, 4.69) is 33.4 Å². The second-order valence-corrected chi connectivity index (χ2v) is 8.25. The number of ether oxygens (including phenoxy) is 2. The lowest BCUT2D eigenvalue weighted by Gasteiger charge is -2.36. The van der Waals surface area contributed by atoms with E-state index in [0.717, 1.165) is 48.8 Å². The fraction of sp³-hybridized carbons (Fsp3) is 0.632. The van der Waals surface area contributed by atoms with E-state index < -0.39 is 11.2 Å². The van der Waals surface area contributed by atoms with Gasteiger partial charge in [-0.2, -0.15) is 0 Å². The first-order valence-electron chi connectivity index (χ1n) is 8.63. The van der Waals surface area contributed by atoms with Crippen LogP contribution in [0.3, 0.4) is 0 Å². The van der Waals surface area contributed by atoms with E-state index >= 15 is 0 Å².